The Kier molecular flexibility index (Phi) is 5.09. The molecule has 1 aromatic heterocycles. The third-order valence-corrected chi connectivity index (χ3v) is 4.89. The minimum atomic E-state index is -0.441. The molecule has 0 spiro atoms. The predicted molar refractivity (Wildman–Crippen MR) is 114 cm³/mol. The molecule has 0 aliphatic heterocycles. The number of ether oxygens (including phenoxy) is 1. The zero-order valence-corrected chi connectivity index (χ0v) is 16.8. The van der Waals surface area contributed by atoms with Crippen molar-refractivity contribution >= 4 is 44.6 Å². The van der Waals surface area contributed by atoms with E-state index < -0.39 is 4.92 Å². The van der Waals surface area contributed by atoms with E-state index in [0.717, 1.165) is 11.3 Å². The van der Waals surface area contributed by atoms with E-state index in [2.05, 4.69) is 25.9 Å². The third-order valence-electron chi connectivity index (χ3n) is 4.22. The zero-order valence-electron chi connectivity index (χ0n) is 15.2. The van der Waals surface area contributed by atoms with Crippen molar-refractivity contribution in [2.45, 2.75) is 0 Å². The Labute approximate surface area is 174 Å². The fourth-order valence-corrected chi connectivity index (χ4v) is 3.17. The molecule has 7 nitrogen and oxygen atoms in total. The van der Waals surface area contributed by atoms with Gasteiger partial charge in [0, 0.05) is 17.8 Å². The summed E-state index contributed by atoms with van der Waals surface area (Å²) in [5.41, 5.74) is 3.39. The van der Waals surface area contributed by atoms with Gasteiger partial charge in [0.25, 0.3) is 5.69 Å². The number of oxazole rings is 1. The number of nitrogens with zero attached hydrogens (tertiary/aromatic N) is 3. The Hall–Kier alpha value is -3.52. The minimum absolute atomic E-state index is 0.0103. The number of aromatic nitrogens is 1. The number of nitro groups is 1. The second kappa shape index (κ2) is 7.84. The number of nitro benzene ring substituents is 1. The summed E-state index contributed by atoms with van der Waals surface area (Å²) in [6.45, 7) is 0. The fourth-order valence-electron chi connectivity index (χ4n) is 2.77. The molecule has 4 rings (SSSR count). The van der Waals surface area contributed by atoms with Gasteiger partial charge in [0.2, 0.25) is 5.89 Å². The Balaban J connectivity index is 1.63. The molecule has 4 aromatic rings. The van der Waals surface area contributed by atoms with Crippen LogP contribution in [-0.4, -0.2) is 23.2 Å². The van der Waals surface area contributed by atoms with E-state index in [9.17, 15) is 10.1 Å². The predicted octanol–water partition coefficient (Wildman–Crippen LogP) is 5.92. The number of hydrogen-bond acceptors (Lipinski definition) is 6. The van der Waals surface area contributed by atoms with Crippen LogP contribution in [0.3, 0.4) is 0 Å². The Morgan fingerprint density at radius 2 is 2.03 bits per heavy atom. The van der Waals surface area contributed by atoms with Gasteiger partial charge >= 0.3 is 0 Å². The maximum atomic E-state index is 11.1. The number of hydrogen-bond donors (Lipinski definition) is 0. The summed E-state index contributed by atoms with van der Waals surface area (Å²) in [4.78, 5) is 19.6. The standard InChI is InChI=1S/C21H14BrN3O4/c1-28-16-4-2-3-14(10-16)21-24-18-11-15(6-8-20(18)29-21)23-12-13-5-7-17(22)19(9-13)25(26)27/h2-12H,1H3. The second-order valence-electron chi connectivity index (χ2n) is 6.13. The third kappa shape index (κ3) is 4.02. The average Bonchev–Trinajstić information content (AvgIpc) is 3.16. The van der Waals surface area contributed by atoms with Crippen LogP contribution < -0.4 is 4.74 Å². The van der Waals surface area contributed by atoms with Crippen molar-refractivity contribution in [2.75, 3.05) is 7.11 Å². The summed E-state index contributed by atoms with van der Waals surface area (Å²) in [6, 6.07) is 17.7. The van der Waals surface area contributed by atoms with Crippen LogP contribution in [0.15, 0.2) is 74.5 Å². The molecule has 0 aliphatic carbocycles. The van der Waals surface area contributed by atoms with E-state index in [-0.39, 0.29) is 5.69 Å². The Morgan fingerprint density at radius 1 is 1.17 bits per heavy atom. The molecule has 0 amide bonds. The van der Waals surface area contributed by atoms with E-state index in [1.54, 1.807) is 43.7 Å². The molecule has 1 heterocycles. The topological polar surface area (TPSA) is 90.8 Å². The number of fused-ring (bicyclic) bond motifs is 1. The number of rotatable bonds is 5. The first-order valence-electron chi connectivity index (χ1n) is 8.56. The summed E-state index contributed by atoms with van der Waals surface area (Å²) >= 11 is 3.17. The first kappa shape index (κ1) is 18.8. The van der Waals surface area contributed by atoms with E-state index in [4.69, 9.17) is 9.15 Å². The largest absolute Gasteiger partial charge is 0.497 e. The van der Waals surface area contributed by atoms with Crippen LogP contribution >= 0.6 is 15.9 Å². The van der Waals surface area contributed by atoms with Crippen LogP contribution in [0, 0.1) is 10.1 Å². The van der Waals surface area contributed by atoms with Gasteiger partial charge in [-0.2, -0.15) is 0 Å². The van der Waals surface area contributed by atoms with Gasteiger partial charge in [0.05, 0.1) is 22.2 Å². The van der Waals surface area contributed by atoms with Crippen molar-refractivity contribution in [2.24, 2.45) is 4.99 Å². The maximum absolute atomic E-state index is 11.1. The number of aliphatic imine (C=N–C) groups is 1. The van der Waals surface area contributed by atoms with Crippen LogP contribution in [0.25, 0.3) is 22.6 Å². The molecular weight excluding hydrogens is 438 g/mol. The van der Waals surface area contributed by atoms with E-state index in [1.807, 2.05) is 24.3 Å². The molecule has 0 saturated carbocycles. The van der Waals surface area contributed by atoms with Gasteiger partial charge in [-0.1, -0.05) is 12.1 Å². The normalized spacial score (nSPS) is 11.2. The van der Waals surface area contributed by atoms with E-state index in [0.29, 0.717) is 32.7 Å². The summed E-state index contributed by atoms with van der Waals surface area (Å²) in [5, 5.41) is 11.1. The lowest BCUT2D eigenvalue weighted by Crippen LogP contribution is -1.91. The first-order valence-corrected chi connectivity index (χ1v) is 9.36. The van der Waals surface area contributed by atoms with Crippen molar-refractivity contribution in [3.8, 4) is 17.2 Å². The van der Waals surface area contributed by atoms with Crippen LogP contribution in [0.4, 0.5) is 11.4 Å². The highest BCUT2D eigenvalue weighted by Gasteiger charge is 2.12. The highest BCUT2D eigenvalue weighted by molar-refractivity contribution is 9.10. The molecule has 0 fully saturated rings. The van der Waals surface area contributed by atoms with Gasteiger partial charge in [-0.15, -0.1) is 0 Å². The van der Waals surface area contributed by atoms with E-state index in [1.165, 1.54) is 6.07 Å². The molecular formula is C21H14BrN3O4. The van der Waals surface area contributed by atoms with Crippen molar-refractivity contribution in [3.05, 3.63) is 80.8 Å². The summed E-state index contributed by atoms with van der Waals surface area (Å²) in [6.07, 6.45) is 1.57. The molecule has 0 atom stereocenters. The molecule has 8 heteroatoms. The molecule has 3 aromatic carbocycles. The molecule has 0 N–H and O–H groups in total. The fraction of sp³-hybridized carbons (Fsp3) is 0.0476. The lowest BCUT2D eigenvalue weighted by molar-refractivity contribution is -0.385. The summed E-state index contributed by atoms with van der Waals surface area (Å²) < 4.78 is 11.5. The first-order chi connectivity index (χ1) is 14.0. The van der Waals surface area contributed by atoms with Gasteiger partial charge in [0.1, 0.15) is 11.3 Å². The van der Waals surface area contributed by atoms with Crippen molar-refractivity contribution in [3.63, 3.8) is 0 Å². The number of benzene rings is 3. The SMILES string of the molecule is COc1cccc(-c2nc3cc(N=Cc4ccc(Br)c([N+](=O)[O-])c4)ccc3o2)c1. The van der Waals surface area contributed by atoms with E-state index >= 15 is 0 Å². The van der Waals surface area contributed by atoms with Crippen LogP contribution in [0.5, 0.6) is 5.75 Å². The molecule has 0 aliphatic rings. The molecule has 0 saturated heterocycles. The van der Waals surface area contributed by atoms with Gasteiger partial charge in [-0.05, 0) is 64.0 Å². The Morgan fingerprint density at radius 3 is 2.83 bits per heavy atom. The van der Waals surface area contributed by atoms with Gasteiger partial charge < -0.3 is 9.15 Å². The number of halogens is 1. The summed E-state index contributed by atoms with van der Waals surface area (Å²) in [5.74, 6) is 1.21. The molecule has 29 heavy (non-hydrogen) atoms. The van der Waals surface area contributed by atoms with Gasteiger partial charge in [0.15, 0.2) is 5.58 Å². The molecule has 144 valence electrons. The summed E-state index contributed by atoms with van der Waals surface area (Å²) in [7, 11) is 1.61. The zero-order chi connectivity index (χ0) is 20.4. The lowest BCUT2D eigenvalue weighted by Gasteiger charge is -2.00. The van der Waals surface area contributed by atoms with Crippen molar-refractivity contribution in [1.82, 2.24) is 4.98 Å². The van der Waals surface area contributed by atoms with Gasteiger partial charge in [-0.25, -0.2) is 4.98 Å². The van der Waals surface area contributed by atoms with Crippen LogP contribution in [0.1, 0.15) is 5.56 Å². The van der Waals surface area contributed by atoms with Crippen molar-refractivity contribution in [1.29, 1.82) is 0 Å². The Bertz CT molecular complexity index is 1250. The monoisotopic (exact) mass is 451 g/mol. The van der Waals surface area contributed by atoms with Crippen molar-refractivity contribution < 1.29 is 14.1 Å². The van der Waals surface area contributed by atoms with Crippen LogP contribution in [-0.2, 0) is 0 Å². The highest BCUT2D eigenvalue weighted by Crippen LogP contribution is 2.29. The minimum Gasteiger partial charge on any atom is -0.497 e. The quantitative estimate of drug-likeness (QED) is 0.213. The highest BCUT2D eigenvalue weighted by atomic mass is 79.9. The second-order valence-corrected chi connectivity index (χ2v) is 6.98. The molecule has 0 bridgehead atoms. The van der Waals surface area contributed by atoms with Crippen LogP contribution in [0.2, 0.25) is 0 Å². The van der Waals surface area contributed by atoms with Gasteiger partial charge in [-0.3, -0.25) is 15.1 Å². The average molecular weight is 452 g/mol. The lowest BCUT2D eigenvalue weighted by atomic mass is 10.2. The number of methoxy groups -OCH3 is 1. The maximum Gasteiger partial charge on any atom is 0.284 e. The smallest absolute Gasteiger partial charge is 0.284 e. The molecule has 0 unspecified atom stereocenters. The molecule has 0 radical (unpaired) electrons.